The molecule has 0 radical (unpaired) electrons. The molecule has 2 rings (SSSR count). The fourth-order valence-corrected chi connectivity index (χ4v) is 2.31. The molecule has 2 aromatic rings. The first kappa shape index (κ1) is 14.7. The summed E-state index contributed by atoms with van der Waals surface area (Å²) in [5.74, 6) is -0.123. The largest absolute Gasteiger partial charge is 0.326 e. The summed E-state index contributed by atoms with van der Waals surface area (Å²) in [6, 6.07) is 5.79. The Labute approximate surface area is 124 Å². The van der Waals surface area contributed by atoms with Crippen molar-refractivity contribution in [1.82, 2.24) is 9.97 Å². The van der Waals surface area contributed by atoms with Gasteiger partial charge in [0.25, 0.3) is 0 Å². The summed E-state index contributed by atoms with van der Waals surface area (Å²) in [7, 11) is 0. The number of rotatable bonds is 5. The second-order valence-electron chi connectivity index (χ2n) is 3.81. The normalized spacial score (nSPS) is 10.3. The Balaban J connectivity index is 1.79. The van der Waals surface area contributed by atoms with Gasteiger partial charge < -0.3 is 5.32 Å². The third-order valence-electron chi connectivity index (χ3n) is 2.31. The molecule has 0 fully saturated rings. The van der Waals surface area contributed by atoms with E-state index < -0.39 is 5.82 Å². The Morgan fingerprint density at radius 1 is 1.35 bits per heavy atom. The van der Waals surface area contributed by atoms with Gasteiger partial charge in [0, 0.05) is 30.3 Å². The van der Waals surface area contributed by atoms with E-state index in [1.54, 1.807) is 18.5 Å². The fraction of sp³-hybridized carbons (Fsp3) is 0.154. The monoisotopic (exact) mass is 311 g/mol. The highest BCUT2D eigenvalue weighted by Crippen LogP contribution is 2.20. The number of anilines is 1. The quantitative estimate of drug-likeness (QED) is 0.679. The maximum atomic E-state index is 13.0. The van der Waals surface area contributed by atoms with Crippen LogP contribution < -0.4 is 5.32 Å². The Morgan fingerprint density at radius 3 is 2.80 bits per heavy atom. The average Bonchev–Trinajstić information content (AvgIpc) is 2.44. The van der Waals surface area contributed by atoms with Crippen molar-refractivity contribution in [1.29, 1.82) is 0 Å². The first-order chi connectivity index (χ1) is 9.65. The van der Waals surface area contributed by atoms with Crippen molar-refractivity contribution in [3.8, 4) is 0 Å². The minimum atomic E-state index is -0.513. The molecule has 0 aliphatic rings. The minimum absolute atomic E-state index is 0.0186. The first-order valence-corrected chi connectivity index (χ1v) is 7.16. The standard InChI is InChI=1S/C13H11ClFN3OS/c14-10-8-9(2-3-11(10)15)18-12(19)4-7-20-13-16-5-1-6-17-13/h1-3,5-6,8H,4,7H2,(H,18,19). The number of carbonyl (C=O) groups is 1. The van der Waals surface area contributed by atoms with Gasteiger partial charge in [-0.2, -0.15) is 0 Å². The molecule has 0 bridgehead atoms. The molecule has 104 valence electrons. The summed E-state index contributed by atoms with van der Waals surface area (Å²) >= 11 is 7.03. The molecule has 0 aliphatic carbocycles. The van der Waals surface area contributed by atoms with Gasteiger partial charge in [0.1, 0.15) is 5.82 Å². The van der Waals surface area contributed by atoms with Gasteiger partial charge in [-0.15, -0.1) is 0 Å². The molecule has 0 atom stereocenters. The van der Waals surface area contributed by atoms with E-state index in [0.29, 0.717) is 23.0 Å². The lowest BCUT2D eigenvalue weighted by Crippen LogP contribution is -2.12. The second kappa shape index (κ2) is 7.21. The number of hydrogen-bond acceptors (Lipinski definition) is 4. The average molecular weight is 312 g/mol. The van der Waals surface area contributed by atoms with Crippen LogP contribution in [0, 0.1) is 5.82 Å². The Bertz CT molecular complexity index is 597. The van der Waals surface area contributed by atoms with E-state index in [1.807, 2.05) is 0 Å². The number of halogens is 2. The van der Waals surface area contributed by atoms with Crippen LogP contribution in [0.25, 0.3) is 0 Å². The highest BCUT2D eigenvalue weighted by Gasteiger charge is 2.06. The fourth-order valence-electron chi connectivity index (χ4n) is 1.39. The molecule has 0 aliphatic heterocycles. The predicted molar refractivity (Wildman–Crippen MR) is 77.4 cm³/mol. The molecule has 1 amide bonds. The van der Waals surface area contributed by atoms with Crippen LogP contribution in [-0.2, 0) is 4.79 Å². The van der Waals surface area contributed by atoms with Crippen LogP contribution in [0.3, 0.4) is 0 Å². The van der Waals surface area contributed by atoms with Crippen LogP contribution in [0.4, 0.5) is 10.1 Å². The smallest absolute Gasteiger partial charge is 0.225 e. The molecule has 4 nitrogen and oxygen atoms in total. The van der Waals surface area contributed by atoms with Gasteiger partial charge in [0.05, 0.1) is 5.02 Å². The number of nitrogens with one attached hydrogen (secondary N) is 1. The van der Waals surface area contributed by atoms with E-state index in [-0.39, 0.29) is 10.9 Å². The van der Waals surface area contributed by atoms with Crippen LogP contribution in [-0.4, -0.2) is 21.6 Å². The van der Waals surface area contributed by atoms with Crippen LogP contribution >= 0.6 is 23.4 Å². The third-order valence-corrected chi connectivity index (χ3v) is 3.47. The van der Waals surface area contributed by atoms with Crippen molar-refractivity contribution in [3.63, 3.8) is 0 Å². The van der Waals surface area contributed by atoms with E-state index in [2.05, 4.69) is 15.3 Å². The molecule has 0 unspecified atom stereocenters. The molecule has 20 heavy (non-hydrogen) atoms. The van der Waals surface area contributed by atoms with Crippen molar-refractivity contribution in [3.05, 3.63) is 47.5 Å². The topological polar surface area (TPSA) is 54.9 Å². The van der Waals surface area contributed by atoms with Crippen LogP contribution in [0.15, 0.2) is 41.8 Å². The zero-order chi connectivity index (χ0) is 14.4. The second-order valence-corrected chi connectivity index (χ2v) is 5.28. The lowest BCUT2D eigenvalue weighted by atomic mass is 10.3. The predicted octanol–water partition coefficient (Wildman–Crippen LogP) is 3.39. The number of thioether (sulfide) groups is 1. The number of amides is 1. The molecule has 0 saturated heterocycles. The van der Waals surface area contributed by atoms with Crippen molar-refractivity contribution >= 4 is 35.0 Å². The molecular weight excluding hydrogens is 301 g/mol. The summed E-state index contributed by atoms with van der Waals surface area (Å²) in [6.07, 6.45) is 3.60. The van der Waals surface area contributed by atoms with E-state index in [4.69, 9.17) is 11.6 Å². The molecule has 7 heteroatoms. The maximum Gasteiger partial charge on any atom is 0.225 e. The zero-order valence-corrected chi connectivity index (χ0v) is 11.9. The third kappa shape index (κ3) is 4.47. The molecule has 0 spiro atoms. The summed E-state index contributed by atoms with van der Waals surface area (Å²) < 4.78 is 13.0. The van der Waals surface area contributed by atoms with Gasteiger partial charge in [0.15, 0.2) is 5.16 Å². The molecule has 1 heterocycles. The number of hydrogen-bond donors (Lipinski definition) is 1. The molecule has 1 aromatic carbocycles. The van der Waals surface area contributed by atoms with Crippen molar-refractivity contribution in [2.75, 3.05) is 11.1 Å². The number of aromatic nitrogens is 2. The van der Waals surface area contributed by atoms with E-state index in [9.17, 15) is 9.18 Å². The highest BCUT2D eigenvalue weighted by molar-refractivity contribution is 7.99. The molecule has 1 aromatic heterocycles. The molecule has 1 N–H and O–H groups in total. The lowest BCUT2D eigenvalue weighted by molar-refractivity contribution is -0.115. The van der Waals surface area contributed by atoms with Crippen LogP contribution in [0.1, 0.15) is 6.42 Å². The number of nitrogens with zero attached hydrogens (tertiary/aromatic N) is 2. The van der Waals surface area contributed by atoms with E-state index in [1.165, 1.54) is 30.0 Å². The van der Waals surface area contributed by atoms with Gasteiger partial charge in [-0.1, -0.05) is 23.4 Å². The Kier molecular flexibility index (Phi) is 5.31. The Hall–Kier alpha value is -1.66. The Morgan fingerprint density at radius 2 is 2.10 bits per heavy atom. The molecule has 0 saturated carbocycles. The van der Waals surface area contributed by atoms with Crippen LogP contribution in [0.2, 0.25) is 5.02 Å². The van der Waals surface area contributed by atoms with Crippen molar-refractivity contribution < 1.29 is 9.18 Å². The summed E-state index contributed by atoms with van der Waals surface area (Å²) in [5.41, 5.74) is 0.474. The molecular formula is C13H11ClFN3OS. The zero-order valence-electron chi connectivity index (χ0n) is 10.3. The minimum Gasteiger partial charge on any atom is -0.326 e. The van der Waals surface area contributed by atoms with Crippen molar-refractivity contribution in [2.45, 2.75) is 11.6 Å². The summed E-state index contributed by atoms with van der Waals surface area (Å²) in [6.45, 7) is 0. The van der Waals surface area contributed by atoms with Gasteiger partial charge in [-0.25, -0.2) is 14.4 Å². The highest BCUT2D eigenvalue weighted by atomic mass is 35.5. The number of carbonyl (C=O) groups excluding carboxylic acids is 1. The SMILES string of the molecule is O=C(CCSc1ncccn1)Nc1ccc(F)c(Cl)c1. The van der Waals surface area contributed by atoms with Gasteiger partial charge >= 0.3 is 0 Å². The lowest BCUT2D eigenvalue weighted by Gasteiger charge is -2.05. The van der Waals surface area contributed by atoms with Gasteiger partial charge in [-0.05, 0) is 24.3 Å². The van der Waals surface area contributed by atoms with Gasteiger partial charge in [-0.3, -0.25) is 4.79 Å². The van der Waals surface area contributed by atoms with Crippen LogP contribution in [0.5, 0.6) is 0 Å². The van der Waals surface area contributed by atoms with Gasteiger partial charge in [0.2, 0.25) is 5.91 Å². The summed E-state index contributed by atoms with van der Waals surface area (Å²) in [5, 5.41) is 3.26. The van der Waals surface area contributed by atoms with E-state index in [0.717, 1.165) is 0 Å². The maximum absolute atomic E-state index is 13.0. The van der Waals surface area contributed by atoms with E-state index >= 15 is 0 Å². The first-order valence-electron chi connectivity index (χ1n) is 5.80. The van der Waals surface area contributed by atoms with Crippen molar-refractivity contribution in [2.24, 2.45) is 0 Å². The number of benzene rings is 1. The summed E-state index contributed by atoms with van der Waals surface area (Å²) in [4.78, 5) is 19.8.